The molecule has 0 spiro atoms. The van der Waals surface area contributed by atoms with Crippen molar-refractivity contribution in [3.63, 3.8) is 0 Å². The first-order valence-electron chi connectivity index (χ1n) is 6.51. The molecule has 1 aromatic heterocycles. The molecule has 1 aliphatic carbocycles. The van der Waals surface area contributed by atoms with Gasteiger partial charge in [0.15, 0.2) is 0 Å². The van der Waals surface area contributed by atoms with E-state index in [1.54, 1.807) is 11.8 Å². The summed E-state index contributed by atoms with van der Waals surface area (Å²) < 4.78 is 0. The monoisotopic (exact) mass is 259 g/mol. The van der Waals surface area contributed by atoms with Gasteiger partial charge < -0.3 is 0 Å². The molecule has 18 heavy (non-hydrogen) atoms. The van der Waals surface area contributed by atoms with Gasteiger partial charge >= 0.3 is 0 Å². The minimum Gasteiger partial charge on any atom is -0.262 e. The molecule has 1 N–H and O–H groups in total. The van der Waals surface area contributed by atoms with Crippen LogP contribution in [-0.4, -0.2) is 15.2 Å². The summed E-state index contributed by atoms with van der Waals surface area (Å²) in [7, 11) is 0. The molecule has 1 saturated carbocycles. The summed E-state index contributed by atoms with van der Waals surface area (Å²) in [6.45, 7) is 0. The maximum Gasteiger partial charge on any atom is 0.208 e. The first kappa shape index (κ1) is 11.8. The zero-order chi connectivity index (χ0) is 12.2. The van der Waals surface area contributed by atoms with Crippen LogP contribution in [0.1, 0.15) is 43.0 Å². The predicted octanol–water partition coefficient (Wildman–Crippen LogP) is 3.75. The summed E-state index contributed by atoms with van der Waals surface area (Å²) in [4.78, 5) is 4.60. The number of benzene rings is 1. The third-order valence-electron chi connectivity index (χ3n) is 3.43. The van der Waals surface area contributed by atoms with Crippen LogP contribution < -0.4 is 0 Å². The number of aromatic amines is 1. The van der Waals surface area contributed by atoms with Gasteiger partial charge in [-0.15, -0.1) is 5.10 Å². The topological polar surface area (TPSA) is 41.6 Å². The molecule has 0 unspecified atom stereocenters. The molecule has 0 radical (unpaired) electrons. The second kappa shape index (κ2) is 5.57. The van der Waals surface area contributed by atoms with Crippen LogP contribution in [-0.2, 0) is 5.75 Å². The summed E-state index contributed by atoms with van der Waals surface area (Å²) >= 11 is 1.70. The first-order chi connectivity index (χ1) is 8.92. The predicted molar refractivity (Wildman–Crippen MR) is 73.6 cm³/mol. The highest BCUT2D eigenvalue weighted by Crippen LogP contribution is 2.32. The van der Waals surface area contributed by atoms with Crippen molar-refractivity contribution in [2.75, 3.05) is 0 Å². The van der Waals surface area contributed by atoms with Gasteiger partial charge in [0.05, 0.1) is 0 Å². The number of hydrogen-bond acceptors (Lipinski definition) is 3. The molecular weight excluding hydrogens is 242 g/mol. The smallest absolute Gasteiger partial charge is 0.208 e. The summed E-state index contributed by atoms with van der Waals surface area (Å²) in [6, 6.07) is 10.4. The number of H-pyrrole nitrogens is 1. The lowest BCUT2D eigenvalue weighted by Gasteiger charge is -2.01. The van der Waals surface area contributed by atoms with E-state index in [9.17, 15) is 0 Å². The van der Waals surface area contributed by atoms with E-state index < -0.39 is 0 Å². The summed E-state index contributed by atoms with van der Waals surface area (Å²) in [5, 5.41) is 8.28. The Morgan fingerprint density at radius 3 is 2.72 bits per heavy atom. The second-order valence-electron chi connectivity index (χ2n) is 4.76. The molecule has 1 fully saturated rings. The number of nitrogens with zero attached hydrogens (tertiary/aromatic N) is 2. The molecule has 1 aromatic carbocycles. The Bertz CT molecular complexity index is 489. The van der Waals surface area contributed by atoms with Crippen LogP contribution in [0.4, 0.5) is 0 Å². The van der Waals surface area contributed by atoms with Gasteiger partial charge in [0.25, 0.3) is 0 Å². The van der Waals surface area contributed by atoms with Crippen molar-refractivity contribution in [2.24, 2.45) is 0 Å². The van der Waals surface area contributed by atoms with Crippen LogP contribution in [0.25, 0.3) is 0 Å². The molecule has 2 aromatic rings. The van der Waals surface area contributed by atoms with E-state index in [4.69, 9.17) is 0 Å². The quantitative estimate of drug-likeness (QED) is 0.850. The van der Waals surface area contributed by atoms with Gasteiger partial charge in [-0.25, -0.2) is 4.98 Å². The van der Waals surface area contributed by atoms with Crippen LogP contribution in [0.15, 0.2) is 35.5 Å². The number of hydrogen-bond donors (Lipinski definition) is 1. The van der Waals surface area contributed by atoms with Crippen molar-refractivity contribution in [1.82, 2.24) is 15.2 Å². The molecule has 0 saturated heterocycles. The lowest BCUT2D eigenvalue weighted by atomic mass is 10.1. The fourth-order valence-electron chi connectivity index (χ4n) is 2.43. The molecular formula is C14H17N3S. The van der Waals surface area contributed by atoms with Crippen LogP contribution in [0.2, 0.25) is 0 Å². The average molecular weight is 259 g/mol. The Labute approximate surface area is 111 Å². The third-order valence-corrected chi connectivity index (χ3v) is 4.35. The van der Waals surface area contributed by atoms with Gasteiger partial charge in [0, 0.05) is 11.7 Å². The van der Waals surface area contributed by atoms with Crippen molar-refractivity contribution in [3.05, 3.63) is 41.7 Å². The van der Waals surface area contributed by atoms with Crippen molar-refractivity contribution in [2.45, 2.75) is 42.5 Å². The molecule has 3 nitrogen and oxygen atoms in total. The fourth-order valence-corrected chi connectivity index (χ4v) is 3.19. The van der Waals surface area contributed by atoms with E-state index in [1.807, 2.05) is 6.07 Å². The molecule has 3 rings (SSSR count). The molecule has 0 atom stereocenters. The Morgan fingerprint density at radius 1 is 1.17 bits per heavy atom. The molecule has 4 heteroatoms. The second-order valence-corrected chi connectivity index (χ2v) is 5.70. The Hall–Kier alpha value is -1.29. The SMILES string of the molecule is c1ccc(CSc2n[nH]c(C3CCCC3)n2)cc1. The van der Waals surface area contributed by atoms with Crippen LogP contribution in [0.3, 0.4) is 0 Å². The maximum absolute atomic E-state index is 4.60. The fraction of sp³-hybridized carbons (Fsp3) is 0.429. The normalized spacial score (nSPS) is 16.2. The van der Waals surface area contributed by atoms with Crippen LogP contribution >= 0.6 is 11.8 Å². The summed E-state index contributed by atoms with van der Waals surface area (Å²) in [6.07, 6.45) is 5.19. The lowest BCUT2D eigenvalue weighted by Crippen LogP contribution is -1.94. The molecule has 1 heterocycles. The maximum atomic E-state index is 4.60. The van der Waals surface area contributed by atoms with Crippen molar-refractivity contribution in [1.29, 1.82) is 0 Å². The van der Waals surface area contributed by atoms with E-state index in [2.05, 4.69) is 39.4 Å². The average Bonchev–Trinajstić information content (AvgIpc) is 3.08. The zero-order valence-corrected chi connectivity index (χ0v) is 11.1. The van der Waals surface area contributed by atoms with Gasteiger partial charge in [-0.05, 0) is 18.4 Å². The molecule has 0 amide bonds. The largest absolute Gasteiger partial charge is 0.262 e. The van der Waals surface area contributed by atoms with Crippen molar-refractivity contribution >= 4 is 11.8 Å². The summed E-state index contributed by atoms with van der Waals surface area (Å²) in [5.41, 5.74) is 1.31. The van der Waals surface area contributed by atoms with Gasteiger partial charge in [-0.3, -0.25) is 5.10 Å². The van der Waals surface area contributed by atoms with E-state index in [-0.39, 0.29) is 0 Å². The minimum atomic E-state index is 0.614. The van der Waals surface area contributed by atoms with Crippen molar-refractivity contribution < 1.29 is 0 Å². The lowest BCUT2D eigenvalue weighted by molar-refractivity contribution is 0.671. The third kappa shape index (κ3) is 2.75. The number of rotatable bonds is 4. The highest BCUT2D eigenvalue weighted by atomic mass is 32.2. The Balaban J connectivity index is 1.60. The van der Waals surface area contributed by atoms with Crippen LogP contribution in [0.5, 0.6) is 0 Å². The zero-order valence-electron chi connectivity index (χ0n) is 10.3. The number of nitrogens with one attached hydrogen (secondary N) is 1. The van der Waals surface area contributed by atoms with Gasteiger partial charge in [0.1, 0.15) is 5.82 Å². The Morgan fingerprint density at radius 2 is 1.94 bits per heavy atom. The Kier molecular flexibility index (Phi) is 3.64. The standard InChI is InChI=1S/C14H17N3S/c1-2-6-11(7-3-1)10-18-14-15-13(16-17-14)12-8-4-5-9-12/h1-3,6-7,12H,4-5,8-10H2,(H,15,16,17). The van der Waals surface area contributed by atoms with Crippen LogP contribution in [0, 0.1) is 0 Å². The number of aromatic nitrogens is 3. The molecule has 94 valence electrons. The highest BCUT2D eigenvalue weighted by Gasteiger charge is 2.20. The van der Waals surface area contributed by atoms with Gasteiger partial charge in [-0.1, -0.05) is 54.9 Å². The van der Waals surface area contributed by atoms with Gasteiger partial charge in [0.2, 0.25) is 5.16 Å². The molecule has 0 aliphatic heterocycles. The van der Waals surface area contributed by atoms with Crippen molar-refractivity contribution in [3.8, 4) is 0 Å². The van der Waals surface area contributed by atoms with E-state index in [0.29, 0.717) is 5.92 Å². The van der Waals surface area contributed by atoms with E-state index in [1.165, 1.54) is 31.2 Å². The minimum absolute atomic E-state index is 0.614. The number of thioether (sulfide) groups is 1. The van der Waals surface area contributed by atoms with Gasteiger partial charge in [-0.2, -0.15) is 0 Å². The molecule has 1 aliphatic rings. The van der Waals surface area contributed by atoms with E-state index in [0.717, 1.165) is 16.7 Å². The summed E-state index contributed by atoms with van der Waals surface area (Å²) in [5.74, 6) is 2.63. The first-order valence-corrected chi connectivity index (χ1v) is 7.49. The highest BCUT2D eigenvalue weighted by molar-refractivity contribution is 7.98. The molecule has 0 bridgehead atoms. The van der Waals surface area contributed by atoms with E-state index >= 15 is 0 Å².